The molecule has 0 bridgehead atoms. The molecule has 0 aliphatic carbocycles. The number of rotatable bonds is 6. The van der Waals surface area contributed by atoms with Crippen LogP contribution in [0.15, 0.2) is 41.5 Å². The van der Waals surface area contributed by atoms with Crippen molar-refractivity contribution in [3.63, 3.8) is 0 Å². The lowest BCUT2D eigenvalue weighted by Crippen LogP contribution is -2.33. The maximum Gasteiger partial charge on any atom is 0.329 e. The molecule has 0 radical (unpaired) electrons. The van der Waals surface area contributed by atoms with Crippen LogP contribution >= 0.6 is 0 Å². The van der Waals surface area contributed by atoms with Gasteiger partial charge in [-0.05, 0) is 43.7 Å². The Balaban J connectivity index is 1.51. The largest absolute Gasteiger partial charge is 0.495 e. The number of carbonyl (C=O) groups excluding carboxylic acids is 3. The number of methoxy groups -OCH3 is 1. The zero-order chi connectivity index (χ0) is 23.1. The predicted octanol–water partition coefficient (Wildman–Crippen LogP) is 2.23. The van der Waals surface area contributed by atoms with Gasteiger partial charge < -0.3 is 24.8 Å². The number of fused-ring (bicyclic) bond motifs is 1. The van der Waals surface area contributed by atoms with Crippen molar-refractivity contribution in [2.75, 3.05) is 31.0 Å². The van der Waals surface area contributed by atoms with Gasteiger partial charge in [0.1, 0.15) is 19.0 Å². The lowest BCUT2D eigenvalue weighted by Gasteiger charge is -2.19. The maximum atomic E-state index is 12.2. The number of aryl methyl sites for hydroxylation is 1. The molecule has 1 aliphatic heterocycles. The molecule has 0 spiro atoms. The SMILES string of the molecule is COc1ccc(C)cc1NC(=O)C(=O)N/N=C(\C)CC(=O)Nc1ccc2c(c1)OCCO2. The van der Waals surface area contributed by atoms with Gasteiger partial charge in [-0.1, -0.05) is 6.07 Å². The molecule has 3 rings (SSSR count). The Bertz CT molecular complexity index is 1070. The second kappa shape index (κ2) is 10.3. The molecule has 2 aromatic carbocycles. The van der Waals surface area contributed by atoms with Crippen molar-refractivity contribution in [2.45, 2.75) is 20.3 Å². The Morgan fingerprint density at radius 2 is 1.75 bits per heavy atom. The fourth-order valence-electron chi connectivity index (χ4n) is 2.89. The fourth-order valence-corrected chi connectivity index (χ4v) is 2.89. The molecule has 168 valence electrons. The van der Waals surface area contributed by atoms with E-state index in [1.807, 2.05) is 13.0 Å². The summed E-state index contributed by atoms with van der Waals surface area (Å²) in [5.41, 5.74) is 4.26. The molecule has 0 fully saturated rings. The molecule has 0 aromatic heterocycles. The molecule has 3 N–H and O–H groups in total. The van der Waals surface area contributed by atoms with Crippen LogP contribution in [0.1, 0.15) is 18.9 Å². The van der Waals surface area contributed by atoms with Crippen LogP contribution in [0.25, 0.3) is 0 Å². The summed E-state index contributed by atoms with van der Waals surface area (Å²) in [6.45, 7) is 4.33. The van der Waals surface area contributed by atoms with Crippen LogP contribution in [0.4, 0.5) is 11.4 Å². The molecule has 2 aromatic rings. The Morgan fingerprint density at radius 1 is 1.00 bits per heavy atom. The van der Waals surface area contributed by atoms with Gasteiger partial charge in [0.25, 0.3) is 0 Å². The van der Waals surface area contributed by atoms with E-state index in [0.717, 1.165) is 5.56 Å². The lowest BCUT2D eigenvalue weighted by molar-refractivity contribution is -0.136. The summed E-state index contributed by atoms with van der Waals surface area (Å²) in [4.78, 5) is 36.4. The normalized spacial score (nSPS) is 12.5. The number of amides is 3. The molecule has 0 unspecified atom stereocenters. The van der Waals surface area contributed by atoms with E-state index in [1.165, 1.54) is 7.11 Å². The number of hydrazone groups is 1. The fraction of sp³-hybridized carbons (Fsp3) is 0.273. The first kappa shape index (κ1) is 22.6. The van der Waals surface area contributed by atoms with Gasteiger partial charge in [0, 0.05) is 17.5 Å². The molecule has 10 heteroatoms. The number of hydrogen-bond acceptors (Lipinski definition) is 7. The van der Waals surface area contributed by atoms with Gasteiger partial charge in [-0.25, -0.2) is 5.43 Å². The number of nitrogens with zero attached hydrogens (tertiary/aromatic N) is 1. The van der Waals surface area contributed by atoms with E-state index in [1.54, 1.807) is 37.3 Å². The Kier molecular flexibility index (Phi) is 7.27. The van der Waals surface area contributed by atoms with Crippen LogP contribution in [0.2, 0.25) is 0 Å². The molecular formula is C22H24N4O6. The lowest BCUT2D eigenvalue weighted by atomic mass is 10.2. The van der Waals surface area contributed by atoms with E-state index in [-0.39, 0.29) is 12.3 Å². The van der Waals surface area contributed by atoms with E-state index in [9.17, 15) is 14.4 Å². The molecule has 1 aliphatic rings. The molecule has 0 saturated heterocycles. The van der Waals surface area contributed by atoms with Crippen molar-refractivity contribution in [3.05, 3.63) is 42.0 Å². The highest BCUT2D eigenvalue weighted by molar-refractivity contribution is 6.39. The molecule has 0 atom stereocenters. The summed E-state index contributed by atoms with van der Waals surface area (Å²) >= 11 is 0. The summed E-state index contributed by atoms with van der Waals surface area (Å²) in [6, 6.07) is 10.3. The molecule has 1 heterocycles. The van der Waals surface area contributed by atoms with Gasteiger partial charge in [0.15, 0.2) is 11.5 Å². The molecule has 10 nitrogen and oxygen atoms in total. The Labute approximate surface area is 184 Å². The van der Waals surface area contributed by atoms with Gasteiger partial charge in [-0.3, -0.25) is 14.4 Å². The van der Waals surface area contributed by atoms with Gasteiger partial charge >= 0.3 is 11.8 Å². The van der Waals surface area contributed by atoms with E-state index in [4.69, 9.17) is 14.2 Å². The first-order chi connectivity index (χ1) is 15.4. The van der Waals surface area contributed by atoms with Crippen LogP contribution in [0.3, 0.4) is 0 Å². The van der Waals surface area contributed by atoms with Crippen molar-refractivity contribution < 1.29 is 28.6 Å². The third-order valence-electron chi connectivity index (χ3n) is 4.40. The second-order valence-electron chi connectivity index (χ2n) is 7.03. The number of ether oxygens (including phenoxy) is 3. The third kappa shape index (κ3) is 5.97. The average Bonchev–Trinajstić information content (AvgIpc) is 2.77. The van der Waals surface area contributed by atoms with Crippen molar-refractivity contribution in [2.24, 2.45) is 5.10 Å². The summed E-state index contributed by atoms with van der Waals surface area (Å²) in [5.74, 6) is -0.621. The van der Waals surface area contributed by atoms with E-state index in [2.05, 4.69) is 21.2 Å². The zero-order valence-electron chi connectivity index (χ0n) is 18.0. The Morgan fingerprint density at radius 3 is 2.50 bits per heavy atom. The molecule has 3 amide bonds. The quantitative estimate of drug-likeness (QED) is 0.359. The van der Waals surface area contributed by atoms with Gasteiger partial charge in [0.2, 0.25) is 5.91 Å². The van der Waals surface area contributed by atoms with Crippen LogP contribution in [-0.4, -0.2) is 43.8 Å². The summed E-state index contributed by atoms with van der Waals surface area (Å²) in [6.07, 6.45) is -0.0813. The number of anilines is 2. The summed E-state index contributed by atoms with van der Waals surface area (Å²) in [7, 11) is 1.46. The molecule has 0 saturated carbocycles. The van der Waals surface area contributed by atoms with Crippen LogP contribution in [0.5, 0.6) is 17.2 Å². The number of carbonyl (C=O) groups is 3. The third-order valence-corrected chi connectivity index (χ3v) is 4.40. The molecular weight excluding hydrogens is 416 g/mol. The first-order valence-electron chi connectivity index (χ1n) is 9.84. The van der Waals surface area contributed by atoms with Crippen LogP contribution < -0.4 is 30.3 Å². The van der Waals surface area contributed by atoms with Gasteiger partial charge in [-0.2, -0.15) is 5.10 Å². The topological polar surface area (TPSA) is 127 Å². The van der Waals surface area contributed by atoms with E-state index in [0.29, 0.717) is 47.5 Å². The highest BCUT2D eigenvalue weighted by atomic mass is 16.6. The van der Waals surface area contributed by atoms with E-state index >= 15 is 0 Å². The Hall–Kier alpha value is -4.08. The van der Waals surface area contributed by atoms with Crippen molar-refractivity contribution >= 4 is 34.8 Å². The van der Waals surface area contributed by atoms with Crippen molar-refractivity contribution in [1.29, 1.82) is 0 Å². The molecule has 32 heavy (non-hydrogen) atoms. The standard InChI is InChI=1S/C22H24N4O6/c1-13-4-6-17(30-3)16(10-13)24-21(28)22(29)26-25-14(2)11-20(27)23-15-5-7-18-19(12-15)32-9-8-31-18/h4-7,10,12H,8-9,11H2,1-3H3,(H,23,27)(H,24,28)(H,26,29)/b25-14+. The zero-order valence-corrected chi connectivity index (χ0v) is 18.0. The minimum Gasteiger partial charge on any atom is -0.495 e. The minimum atomic E-state index is -0.972. The highest BCUT2D eigenvalue weighted by Crippen LogP contribution is 2.32. The summed E-state index contributed by atoms with van der Waals surface area (Å²) < 4.78 is 16.1. The first-order valence-corrected chi connectivity index (χ1v) is 9.84. The monoisotopic (exact) mass is 440 g/mol. The van der Waals surface area contributed by atoms with Crippen molar-refractivity contribution in [3.8, 4) is 17.2 Å². The van der Waals surface area contributed by atoms with Crippen molar-refractivity contribution in [1.82, 2.24) is 5.43 Å². The summed E-state index contributed by atoms with van der Waals surface area (Å²) in [5, 5.41) is 9.02. The smallest absolute Gasteiger partial charge is 0.329 e. The second-order valence-corrected chi connectivity index (χ2v) is 7.03. The highest BCUT2D eigenvalue weighted by Gasteiger charge is 2.16. The van der Waals surface area contributed by atoms with E-state index < -0.39 is 11.8 Å². The maximum absolute atomic E-state index is 12.2. The van der Waals surface area contributed by atoms with Gasteiger partial charge in [-0.15, -0.1) is 0 Å². The number of hydrogen-bond donors (Lipinski definition) is 3. The average molecular weight is 440 g/mol. The number of nitrogens with one attached hydrogen (secondary N) is 3. The van der Waals surface area contributed by atoms with Crippen LogP contribution in [-0.2, 0) is 14.4 Å². The number of benzene rings is 2. The van der Waals surface area contributed by atoms with Gasteiger partial charge in [0.05, 0.1) is 19.2 Å². The predicted molar refractivity (Wildman–Crippen MR) is 118 cm³/mol. The minimum absolute atomic E-state index is 0.0813. The van der Waals surface area contributed by atoms with Crippen LogP contribution in [0, 0.1) is 6.92 Å².